The summed E-state index contributed by atoms with van der Waals surface area (Å²) < 4.78 is 40.9. The minimum Gasteiger partial charge on any atom is -0.326 e. The molecule has 3 rings (SSSR count). The zero-order valence-electron chi connectivity index (χ0n) is 12.4. The van der Waals surface area contributed by atoms with Gasteiger partial charge in [0, 0.05) is 24.5 Å². The molecule has 1 fully saturated rings. The Balaban J connectivity index is 1.96. The summed E-state index contributed by atoms with van der Waals surface area (Å²) in [5, 5.41) is -0.133. The molecule has 2 heterocycles. The van der Waals surface area contributed by atoms with Gasteiger partial charge in [-0.15, -0.1) is 11.8 Å². The second-order valence-corrected chi connectivity index (χ2v) is 6.28. The molecule has 1 atom stereocenters. The van der Waals surface area contributed by atoms with E-state index in [2.05, 4.69) is 0 Å². The summed E-state index contributed by atoms with van der Waals surface area (Å²) in [6.45, 7) is 2.48. The van der Waals surface area contributed by atoms with Crippen LogP contribution in [0.5, 0.6) is 0 Å². The number of thioether (sulfide) groups is 1. The Morgan fingerprint density at radius 3 is 2.70 bits per heavy atom. The van der Waals surface area contributed by atoms with Crippen LogP contribution in [0.25, 0.3) is 5.69 Å². The molecule has 3 nitrogen and oxygen atoms in total. The third kappa shape index (κ3) is 2.97. The molecule has 0 radical (unpaired) electrons. The van der Waals surface area contributed by atoms with Crippen molar-refractivity contribution in [3.05, 3.63) is 53.9 Å². The van der Waals surface area contributed by atoms with Gasteiger partial charge in [0.1, 0.15) is 5.37 Å². The van der Waals surface area contributed by atoms with E-state index in [1.165, 1.54) is 28.5 Å². The molecular weight excluding hydrogens is 325 g/mol. The normalized spacial score (nSPS) is 18.7. The number of aromatic nitrogens is 1. The van der Waals surface area contributed by atoms with Gasteiger partial charge in [-0.1, -0.05) is 12.1 Å². The van der Waals surface area contributed by atoms with E-state index in [9.17, 15) is 18.0 Å². The van der Waals surface area contributed by atoms with Crippen LogP contribution in [0.3, 0.4) is 0 Å². The van der Waals surface area contributed by atoms with Crippen LogP contribution in [0.1, 0.15) is 23.4 Å². The fourth-order valence-corrected chi connectivity index (χ4v) is 3.96. The summed E-state index contributed by atoms with van der Waals surface area (Å²) in [6, 6.07) is 7.24. The number of benzene rings is 1. The molecule has 1 aliphatic heterocycles. The highest BCUT2D eigenvalue weighted by atomic mass is 32.2. The van der Waals surface area contributed by atoms with Crippen molar-refractivity contribution in [2.24, 2.45) is 0 Å². The zero-order chi connectivity index (χ0) is 16.6. The number of hydrogen-bond acceptors (Lipinski definition) is 2. The molecule has 122 valence electrons. The quantitative estimate of drug-likeness (QED) is 0.841. The number of carbonyl (C=O) groups is 1. The molecule has 0 unspecified atom stereocenters. The van der Waals surface area contributed by atoms with Crippen LogP contribution < -0.4 is 0 Å². The predicted molar refractivity (Wildman–Crippen MR) is 83.4 cm³/mol. The largest absolute Gasteiger partial charge is 0.418 e. The van der Waals surface area contributed by atoms with Crippen LogP contribution in [0.2, 0.25) is 0 Å². The Bertz CT molecular complexity index is 726. The molecule has 0 bridgehead atoms. The lowest BCUT2D eigenvalue weighted by Gasteiger charge is -2.21. The highest BCUT2D eigenvalue weighted by molar-refractivity contribution is 8.00. The van der Waals surface area contributed by atoms with E-state index < -0.39 is 11.7 Å². The molecule has 1 aromatic carbocycles. The first-order valence-corrected chi connectivity index (χ1v) is 8.22. The van der Waals surface area contributed by atoms with Gasteiger partial charge in [0.05, 0.1) is 17.0 Å². The van der Waals surface area contributed by atoms with Crippen molar-refractivity contribution in [3.8, 4) is 5.69 Å². The lowest BCUT2D eigenvalue weighted by atomic mass is 10.1. The second-order valence-electron chi connectivity index (χ2n) is 5.21. The maximum atomic E-state index is 13.1. The van der Waals surface area contributed by atoms with E-state index in [-0.39, 0.29) is 17.0 Å². The van der Waals surface area contributed by atoms with Gasteiger partial charge < -0.3 is 9.47 Å². The van der Waals surface area contributed by atoms with Gasteiger partial charge in [0.15, 0.2) is 0 Å². The molecule has 0 saturated carbocycles. The van der Waals surface area contributed by atoms with Crippen molar-refractivity contribution in [2.75, 3.05) is 12.3 Å². The summed E-state index contributed by atoms with van der Waals surface area (Å²) in [5.41, 5.74) is 0.243. The Kier molecular flexibility index (Phi) is 4.14. The maximum absolute atomic E-state index is 13.1. The monoisotopic (exact) mass is 340 g/mol. The van der Waals surface area contributed by atoms with E-state index in [1.807, 2.05) is 6.92 Å². The zero-order valence-corrected chi connectivity index (χ0v) is 13.2. The molecular formula is C16H15F3N2OS. The first-order chi connectivity index (χ1) is 10.9. The van der Waals surface area contributed by atoms with E-state index in [0.29, 0.717) is 12.3 Å². The Labute approximate surface area is 136 Å². The minimum atomic E-state index is -4.41. The maximum Gasteiger partial charge on any atom is 0.418 e. The van der Waals surface area contributed by atoms with Crippen molar-refractivity contribution in [2.45, 2.75) is 18.5 Å². The summed E-state index contributed by atoms with van der Waals surface area (Å²) in [7, 11) is 0. The molecule has 7 heteroatoms. The minimum absolute atomic E-state index is 0.0611. The van der Waals surface area contributed by atoms with Gasteiger partial charge in [-0.2, -0.15) is 13.2 Å². The van der Waals surface area contributed by atoms with Crippen molar-refractivity contribution in [1.29, 1.82) is 0 Å². The van der Waals surface area contributed by atoms with E-state index in [0.717, 1.165) is 11.6 Å². The molecule has 1 saturated heterocycles. The van der Waals surface area contributed by atoms with Gasteiger partial charge in [-0.25, -0.2) is 0 Å². The first kappa shape index (κ1) is 16.0. The van der Waals surface area contributed by atoms with Crippen molar-refractivity contribution < 1.29 is 18.0 Å². The number of carbonyl (C=O) groups excluding carboxylic acids is 1. The Morgan fingerprint density at radius 1 is 1.26 bits per heavy atom. The molecule has 0 spiro atoms. The number of nitrogens with zero attached hydrogens (tertiary/aromatic N) is 2. The fourth-order valence-electron chi connectivity index (χ4n) is 2.72. The lowest BCUT2D eigenvalue weighted by molar-refractivity contribution is -0.137. The summed E-state index contributed by atoms with van der Waals surface area (Å²) >= 11 is 1.50. The third-order valence-corrected chi connectivity index (χ3v) is 5.05. The number of hydrogen-bond donors (Lipinski definition) is 0. The van der Waals surface area contributed by atoms with Gasteiger partial charge in [0.25, 0.3) is 0 Å². The van der Waals surface area contributed by atoms with Crippen LogP contribution in [-0.4, -0.2) is 27.7 Å². The standard InChI is InChI=1S/C16H15F3N2OS/c1-2-21-14(22)10-23-15(21)11-7-8-20(9-11)13-6-4-3-5-12(13)16(17,18)19/h3-9,15H,2,10H2,1H3/t15-/m0/s1. The van der Waals surface area contributed by atoms with Gasteiger partial charge >= 0.3 is 6.18 Å². The van der Waals surface area contributed by atoms with Crippen LogP contribution >= 0.6 is 11.8 Å². The Hall–Kier alpha value is -1.89. The van der Waals surface area contributed by atoms with Crippen LogP contribution in [0.15, 0.2) is 42.7 Å². The van der Waals surface area contributed by atoms with E-state index in [1.54, 1.807) is 29.4 Å². The van der Waals surface area contributed by atoms with Gasteiger partial charge in [-0.05, 0) is 25.1 Å². The third-order valence-electron chi connectivity index (χ3n) is 3.80. The number of amides is 1. The first-order valence-electron chi connectivity index (χ1n) is 7.17. The summed E-state index contributed by atoms with van der Waals surface area (Å²) in [4.78, 5) is 13.5. The van der Waals surface area contributed by atoms with Crippen LogP contribution in [-0.2, 0) is 11.0 Å². The second kappa shape index (κ2) is 5.96. The SMILES string of the molecule is CCN1C(=O)CS[C@H]1c1ccn(-c2ccccc2C(F)(F)F)c1. The van der Waals surface area contributed by atoms with Crippen LogP contribution in [0, 0.1) is 0 Å². The lowest BCUT2D eigenvalue weighted by Crippen LogP contribution is -2.27. The molecule has 0 aliphatic carbocycles. The number of alkyl halides is 3. The smallest absolute Gasteiger partial charge is 0.326 e. The van der Waals surface area contributed by atoms with Crippen molar-refractivity contribution in [3.63, 3.8) is 0 Å². The van der Waals surface area contributed by atoms with Gasteiger partial charge in [-0.3, -0.25) is 4.79 Å². The summed E-state index contributed by atoms with van der Waals surface area (Å²) in [5.74, 6) is 0.467. The number of halogens is 3. The van der Waals surface area contributed by atoms with Crippen LogP contribution in [0.4, 0.5) is 13.2 Å². The average molecular weight is 340 g/mol. The van der Waals surface area contributed by atoms with E-state index in [4.69, 9.17) is 0 Å². The molecule has 1 amide bonds. The molecule has 0 N–H and O–H groups in total. The van der Waals surface area contributed by atoms with Gasteiger partial charge in [0.2, 0.25) is 5.91 Å². The number of rotatable bonds is 3. The topological polar surface area (TPSA) is 25.2 Å². The molecule has 1 aliphatic rings. The van der Waals surface area contributed by atoms with Crippen molar-refractivity contribution in [1.82, 2.24) is 9.47 Å². The fraction of sp³-hybridized carbons (Fsp3) is 0.312. The summed E-state index contributed by atoms with van der Waals surface area (Å²) in [6.07, 6.45) is -1.13. The molecule has 2 aromatic rings. The van der Waals surface area contributed by atoms with Crippen molar-refractivity contribution >= 4 is 17.7 Å². The average Bonchev–Trinajstić information content (AvgIpc) is 3.12. The predicted octanol–water partition coefficient (Wildman–Crippen LogP) is 4.09. The van der Waals surface area contributed by atoms with E-state index >= 15 is 0 Å². The molecule has 23 heavy (non-hydrogen) atoms. The molecule has 1 aromatic heterocycles. The number of para-hydroxylation sites is 1. The highest BCUT2D eigenvalue weighted by Crippen LogP contribution is 2.39. The Morgan fingerprint density at radius 2 is 2.00 bits per heavy atom. The highest BCUT2D eigenvalue weighted by Gasteiger charge is 2.35.